The van der Waals surface area contributed by atoms with Crippen LogP contribution < -0.4 is 9.47 Å². The molecule has 0 aliphatic rings. The van der Waals surface area contributed by atoms with Gasteiger partial charge < -0.3 is 9.47 Å². The topological polar surface area (TPSA) is 59.3 Å². The van der Waals surface area contributed by atoms with Crippen molar-refractivity contribution in [2.24, 2.45) is 0 Å². The quantitative estimate of drug-likeness (QED) is 0.311. The summed E-state index contributed by atoms with van der Waals surface area (Å²) in [6, 6.07) is 15.3. The molecule has 0 bridgehead atoms. The summed E-state index contributed by atoms with van der Waals surface area (Å²) in [5.41, 5.74) is -0.519. The average Bonchev–Trinajstić information content (AvgIpc) is 2.77. The number of halogens is 6. The Morgan fingerprint density at radius 2 is 1.65 bits per heavy atom. The summed E-state index contributed by atoms with van der Waals surface area (Å²) in [6.07, 6.45) is -5.54. The molecule has 0 amide bonds. The number of ketones is 1. The summed E-state index contributed by atoms with van der Waals surface area (Å²) in [7, 11) is 0. The number of rotatable bonds is 7. The summed E-state index contributed by atoms with van der Waals surface area (Å²) in [6.45, 7) is 1.49. The van der Waals surface area contributed by atoms with Crippen LogP contribution in [-0.2, 0) is 11.0 Å². The van der Waals surface area contributed by atoms with Crippen LogP contribution in [0.3, 0.4) is 0 Å². The molecule has 0 N–H and O–H groups in total. The Kier molecular flexibility index (Phi) is 7.98. The molecular formula is C24H15Cl3F3NO3. The van der Waals surface area contributed by atoms with Crippen LogP contribution in [0.2, 0.25) is 15.1 Å². The second-order valence-corrected chi connectivity index (χ2v) is 8.34. The third-order valence-corrected chi connectivity index (χ3v) is 5.73. The van der Waals surface area contributed by atoms with E-state index in [-0.39, 0.29) is 27.3 Å². The van der Waals surface area contributed by atoms with E-state index in [2.05, 4.69) is 0 Å². The number of benzene rings is 3. The van der Waals surface area contributed by atoms with Gasteiger partial charge in [0.1, 0.15) is 23.2 Å². The van der Waals surface area contributed by atoms with Crippen molar-refractivity contribution >= 4 is 40.6 Å². The lowest BCUT2D eigenvalue weighted by molar-refractivity contribution is -0.137. The van der Waals surface area contributed by atoms with E-state index in [1.807, 2.05) is 6.07 Å². The first-order valence-electron chi connectivity index (χ1n) is 9.69. The number of nitrogens with zero attached hydrogens (tertiary/aromatic N) is 1. The lowest BCUT2D eigenvalue weighted by Gasteiger charge is -2.18. The Labute approximate surface area is 208 Å². The number of hydrogen-bond acceptors (Lipinski definition) is 4. The molecule has 3 aromatic carbocycles. The zero-order chi connectivity index (χ0) is 25.0. The van der Waals surface area contributed by atoms with Gasteiger partial charge in [0.05, 0.1) is 26.7 Å². The molecule has 0 fully saturated rings. The molecule has 0 aliphatic heterocycles. The molecule has 10 heteroatoms. The van der Waals surface area contributed by atoms with Gasteiger partial charge in [-0.3, -0.25) is 4.79 Å². The Bertz CT molecular complexity index is 1260. The monoisotopic (exact) mass is 527 g/mol. The summed E-state index contributed by atoms with van der Waals surface area (Å²) < 4.78 is 49.7. The first-order valence-corrected chi connectivity index (χ1v) is 10.8. The predicted molar refractivity (Wildman–Crippen MR) is 123 cm³/mol. The second-order valence-electron chi connectivity index (χ2n) is 7.12. The number of ether oxygens (including phenoxy) is 2. The summed E-state index contributed by atoms with van der Waals surface area (Å²) >= 11 is 17.8. The maximum atomic E-state index is 12.8. The van der Waals surface area contributed by atoms with Gasteiger partial charge in [-0.15, -0.1) is 0 Å². The molecule has 0 saturated carbocycles. The van der Waals surface area contributed by atoms with E-state index >= 15 is 0 Å². The first-order chi connectivity index (χ1) is 16.0. The molecule has 4 nitrogen and oxygen atoms in total. The van der Waals surface area contributed by atoms with Crippen molar-refractivity contribution in [3.8, 4) is 23.3 Å². The van der Waals surface area contributed by atoms with Crippen LogP contribution in [0.1, 0.15) is 24.0 Å². The molecule has 34 heavy (non-hydrogen) atoms. The molecule has 176 valence electrons. The van der Waals surface area contributed by atoms with Gasteiger partial charge in [0, 0.05) is 6.07 Å². The first kappa shape index (κ1) is 25.7. The Balaban J connectivity index is 1.74. The fraction of sp³-hybridized carbons (Fsp3) is 0.167. The fourth-order valence-electron chi connectivity index (χ4n) is 2.99. The van der Waals surface area contributed by atoms with Crippen LogP contribution in [0.4, 0.5) is 13.2 Å². The van der Waals surface area contributed by atoms with Gasteiger partial charge in [0.25, 0.3) is 0 Å². The molecule has 0 aliphatic carbocycles. The van der Waals surface area contributed by atoms with Crippen LogP contribution in [0.25, 0.3) is 0 Å². The van der Waals surface area contributed by atoms with Crippen molar-refractivity contribution in [3.63, 3.8) is 0 Å². The van der Waals surface area contributed by atoms with Crippen molar-refractivity contribution in [1.29, 1.82) is 5.26 Å². The summed E-state index contributed by atoms with van der Waals surface area (Å²) in [4.78, 5) is 12.8. The second kappa shape index (κ2) is 10.6. The zero-order valence-electron chi connectivity index (χ0n) is 17.4. The van der Waals surface area contributed by atoms with Crippen molar-refractivity contribution in [1.82, 2.24) is 0 Å². The maximum Gasteiger partial charge on any atom is 0.416 e. The SMILES string of the molecule is CC(Oc1cccc(Oc2ccc(C(F)(F)F)cc2Cl)c1)C(=O)C(C#N)c1ccc(Cl)c(Cl)c1. The van der Waals surface area contributed by atoms with E-state index in [0.29, 0.717) is 10.6 Å². The van der Waals surface area contributed by atoms with Gasteiger partial charge >= 0.3 is 6.18 Å². The number of nitriles is 1. The molecule has 0 radical (unpaired) electrons. The van der Waals surface area contributed by atoms with Crippen LogP contribution >= 0.6 is 34.8 Å². The van der Waals surface area contributed by atoms with Crippen LogP contribution in [0, 0.1) is 11.3 Å². The highest BCUT2D eigenvalue weighted by atomic mass is 35.5. The summed E-state index contributed by atoms with van der Waals surface area (Å²) in [5, 5.41) is 9.81. The zero-order valence-corrected chi connectivity index (χ0v) is 19.6. The van der Waals surface area contributed by atoms with Gasteiger partial charge in [-0.05, 0) is 55.0 Å². The molecule has 3 rings (SSSR count). The third-order valence-electron chi connectivity index (χ3n) is 4.70. The Morgan fingerprint density at radius 1 is 0.941 bits per heavy atom. The smallest absolute Gasteiger partial charge is 0.416 e. The normalized spacial score (nSPS) is 13.0. The van der Waals surface area contributed by atoms with E-state index < -0.39 is 29.5 Å². The van der Waals surface area contributed by atoms with Gasteiger partial charge in [0.2, 0.25) is 0 Å². The third kappa shape index (κ3) is 6.15. The van der Waals surface area contributed by atoms with E-state index in [1.54, 1.807) is 18.2 Å². The fourth-order valence-corrected chi connectivity index (χ4v) is 3.51. The largest absolute Gasteiger partial charge is 0.483 e. The van der Waals surface area contributed by atoms with Crippen LogP contribution in [0.15, 0.2) is 60.7 Å². The standard InChI is InChI=1S/C24H15Cl3F3NO3/c1-13(23(32)18(12-31)14-5-7-19(25)20(26)9-14)33-16-3-2-4-17(11-16)34-22-8-6-15(10-21(22)27)24(28,29)30/h2-11,13,18H,1H3. The van der Waals surface area contributed by atoms with Crippen LogP contribution in [-0.4, -0.2) is 11.9 Å². The van der Waals surface area contributed by atoms with Crippen molar-refractivity contribution in [2.45, 2.75) is 25.1 Å². The predicted octanol–water partition coefficient (Wildman–Crippen LogP) is 8.10. The Hall–Kier alpha value is -2.92. The highest BCUT2D eigenvalue weighted by Gasteiger charge is 2.31. The van der Waals surface area contributed by atoms with Crippen LogP contribution in [0.5, 0.6) is 17.2 Å². The van der Waals surface area contributed by atoms with E-state index in [9.17, 15) is 23.2 Å². The molecule has 0 saturated heterocycles. The lowest BCUT2D eigenvalue weighted by atomic mass is 9.93. The molecule has 0 aromatic heterocycles. The molecular weight excluding hydrogens is 514 g/mol. The molecule has 3 aromatic rings. The van der Waals surface area contributed by atoms with Crippen molar-refractivity contribution in [3.05, 3.63) is 86.9 Å². The Morgan fingerprint density at radius 3 is 2.26 bits per heavy atom. The van der Waals surface area contributed by atoms with E-state index in [4.69, 9.17) is 44.3 Å². The minimum Gasteiger partial charge on any atom is -0.483 e. The molecule has 0 heterocycles. The number of carbonyl (C=O) groups is 1. The van der Waals surface area contributed by atoms with E-state index in [1.165, 1.54) is 31.2 Å². The number of alkyl halides is 3. The minimum atomic E-state index is -4.53. The minimum absolute atomic E-state index is 0.0140. The van der Waals surface area contributed by atoms with Gasteiger partial charge in [-0.2, -0.15) is 18.4 Å². The van der Waals surface area contributed by atoms with Crippen molar-refractivity contribution in [2.75, 3.05) is 0 Å². The number of hydrogen-bond donors (Lipinski definition) is 0. The van der Waals surface area contributed by atoms with E-state index in [0.717, 1.165) is 18.2 Å². The lowest BCUT2D eigenvalue weighted by Crippen LogP contribution is -2.28. The maximum absolute atomic E-state index is 12.8. The molecule has 2 unspecified atom stereocenters. The van der Waals surface area contributed by atoms with Gasteiger partial charge in [-0.25, -0.2) is 0 Å². The highest BCUT2D eigenvalue weighted by Crippen LogP contribution is 2.37. The van der Waals surface area contributed by atoms with Crippen molar-refractivity contribution < 1.29 is 27.4 Å². The number of Topliss-reactive ketones (excluding diaryl/α,β-unsaturated/α-hetero) is 1. The molecule has 2 atom stereocenters. The highest BCUT2D eigenvalue weighted by molar-refractivity contribution is 6.42. The van der Waals surface area contributed by atoms with Gasteiger partial charge in [-0.1, -0.05) is 46.9 Å². The molecule has 0 spiro atoms. The number of carbonyl (C=O) groups excluding carboxylic acids is 1. The average molecular weight is 529 g/mol. The van der Waals surface area contributed by atoms with Gasteiger partial charge in [0.15, 0.2) is 11.9 Å². The summed E-state index contributed by atoms with van der Waals surface area (Å²) in [5.74, 6) is -1.15.